The number of hydrogen-bond donors (Lipinski definition) is 3. The summed E-state index contributed by atoms with van der Waals surface area (Å²) in [5.41, 5.74) is 0.401. The highest BCUT2D eigenvalue weighted by Gasteiger charge is 2.33. The Morgan fingerprint density at radius 2 is 1.83 bits per heavy atom. The third kappa shape index (κ3) is 6.98. The van der Waals surface area contributed by atoms with Crippen LogP contribution in [0.2, 0.25) is 5.02 Å². The zero-order chi connectivity index (χ0) is 21.6. The fraction of sp³-hybridized carbons (Fsp3) is 0.450. The first-order chi connectivity index (χ1) is 13.6. The number of aliphatic hydroxyl groups is 1. The Balaban J connectivity index is 1.78. The molecule has 0 spiro atoms. The molecule has 2 rings (SSSR count). The molecule has 0 saturated heterocycles. The van der Waals surface area contributed by atoms with Gasteiger partial charge in [0.15, 0.2) is 5.76 Å². The summed E-state index contributed by atoms with van der Waals surface area (Å²) in [6, 6.07) is 7.27. The number of carbonyl (C=O) groups excluding carboxylic acids is 3. The van der Waals surface area contributed by atoms with Crippen molar-refractivity contribution in [2.75, 3.05) is 26.2 Å². The van der Waals surface area contributed by atoms with Crippen molar-refractivity contribution in [3.05, 3.63) is 46.2 Å². The third-order valence-electron chi connectivity index (χ3n) is 4.06. The predicted molar refractivity (Wildman–Crippen MR) is 109 cm³/mol. The van der Waals surface area contributed by atoms with Gasteiger partial charge in [-0.25, -0.2) is 4.79 Å². The van der Waals surface area contributed by atoms with E-state index >= 15 is 0 Å². The van der Waals surface area contributed by atoms with Crippen LogP contribution in [0.5, 0.6) is 0 Å². The summed E-state index contributed by atoms with van der Waals surface area (Å²) in [6.07, 6.45) is -0.00415. The first kappa shape index (κ1) is 22.5. The largest absolute Gasteiger partial charge is 0.503 e. The lowest BCUT2D eigenvalue weighted by Gasteiger charge is -2.21. The van der Waals surface area contributed by atoms with Crippen LogP contribution in [0.1, 0.15) is 26.3 Å². The summed E-state index contributed by atoms with van der Waals surface area (Å²) in [6.45, 7) is 5.85. The number of aliphatic hydroxyl groups excluding tert-OH is 1. The molecule has 0 aromatic heterocycles. The maximum Gasteiger partial charge on any atom is 0.407 e. The van der Waals surface area contributed by atoms with E-state index in [1.54, 1.807) is 32.9 Å². The number of amides is 3. The van der Waals surface area contributed by atoms with Gasteiger partial charge in [0.25, 0.3) is 11.8 Å². The van der Waals surface area contributed by atoms with Crippen LogP contribution < -0.4 is 10.6 Å². The van der Waals surface area contributed by atoms with Gasteiger partial charge in [0.2, 0.25) is 0 Å². The molecule has 9 heteroatoms. The van der Waals surface area contributed by atoms with E-state index < -0.39 is 29.3 Å². The number of benzene rings is 1. The molecule has 1 heterocycles. The molecule has 0 fully saturated rings. The normalized spacial score (nSPS) is 14.2. The average molecular weight is 424 g/mol. The summed E-state index contributed by atoms with van der Waals surface area (Å²) in [4.78, 5) is 37.4. The molecule has 3 amide bonds. The van der Waals surface area contributed by atoms with Crippen LogP contribution in [0, 0.1) is 0 Å². The number of nitrogens with zero attached hydrogens (tertiary/aromatic N) is 1. The Hall–Kier alpha value is -2.74. The summed E-state index contributed by atoms with van der Waals surface area (Å²) < 4.78 is 5.11. The van der Waals surface area contributed by atoms with Gasteiger partial charge in [-0.05, 0) is 44.9 Å². The lowest BCUT2D eigenvalue weighted by molar-refractivity contribution is -0.127. The van der Waals surface area contributed by atoms with Gasteiger partial charge < -0.3 is 25.4 Å². The molecular formula is C20H26ClN3O5. The fourth-order valence-corrected chi connectivity index (χ4v) is 2.79. The molecule has 3 N–H and O–H groups in total. The van der Waals surface area contributed by atoms with Crippen LogP contribution in [0.15, 0.2) is 35.6 Å². The quantitative estimate of drug-likeness (QED) is 0.623. The van der Waals surface area contributed by atoms with Crippen LogP contribution in [-0.4, -0.2) is 59.7 Å². The van der Waals surface area contributed by atoms with Crippen molar-refractivity contribution in [3.63, 3.8) is 0 Å². The molecule has 0 unspecified atom stereocenters. The van der Waals surface area contributed by atoms with Crippen molar-refractivity contribution < 1.29 is 24.2 Å². The molecule has 29 heavy (non-hydrogen) atoms. The first-order valence-corrected chi connectivity index (χ1v) is 9.65. The minimum absolute atomic E-state index is 0.0170. The van der Waals surface area contributed by atoms with Gasteiger partial charge in [-0.3, -0.25) is 9.59 Å². The summed E-state index contributed by atoms with van der Waals surface area (Å²) >= 11 is 5.84. The van der Waals surface area contributed by atoms with Crippen LogP contribution in [0.25, 0.3) is 0 Å². The molecule has 0 aliphatic carbocycles. The Bertz CT molecular complexity index is 799. The number of ether oxygens (including phenoxy) is 1. The van der Waals surface area contributed by atoms with Gasteiger partial charge in [0.05, 0.1) is 12.1 Å². The van der Waals surface area contributed by atoms with Crippen LogP contribution >= 0.6 is 11.6 Å². The Morgan fingerprint density at radius 3 is 2.45 bits per heavy atom. The van der Waals surface area contributed by atoms with Crippen molar-refractivity contribution >= 4 is 29.5 Å². The molecule has 0 atom stereocenters. The molecule has 158 valence electrons. The molecule has 0 saturated carbocycles. The van der Waals surface area contributed by atoms with Crippen molar-refractivity contribution in [1.82, 2.24) is 15.5 Å². The van der Waals surface area contributed by atoms with E-state index in [1.165, 1.54) is 4.90 Å². The van der Waals surface area contributed by atoms with E-state index in [-0.39, 0.29) is 25.2 Å². The SMILES string of the molecule is CC(C)(C)OC(=O)NCCN1CC(C(=O)NCCc2ccc(Cl)cc2)=C(O)C1=O. The summed E-state index contributed by atoms with van der Waals surface area (Å²) in [5.74, 6) is -1.70. The Kier molecular flexibility index (Phi) is 7.50. The number of halogens is 1. The summed E-state index contributed by atoms with van der Waals surface area (Å²) in [5, 5.41) is 15.9. The number of alkyl carbamates (subject to hydrolysis) is 1. The van der Waals surface area contributed by atoms with Gasteiger partial charge in [0, 0.05) is 24.7 Å². The minimum atomic E-state index is -0.640. The molecule has 8 nitrogen and oxygen atoms in total. The van der Waals surface area contributed by atoms with Crippen molar-refractivity contribution in [2.45, 2.75) is 32.8 Å². The fourth-order valence-electron chi connectivity index (χ4n) is 2.66. The van der Waals surface area contributed by atoms with Crippen molar-refractivity contribution in [2.24, 2.45) is 0 Å². The Labute approximate surface area is 174 Å². The van der Waals surface area contributed by atoms with E-state index in [9.17, 15) is 19.5 Å². The van der Waals surface area contributed by atoms with Gasteiger partial charge in [-0.15, -0.1) is 0 Å². The van der Waals surface area contributed by atoms with Gasteiger partial charge >= 0.3 is 6.09 Å². The van der Waals surface area contributed by atoms with E-state index in [0.29, 0.717) is 18.0 Å². The zero-order valence-electron chi connectivity index (χ0n) is 16.8. The molecule has 1 aliphatic heterocycles. The highest BCUT2D eigenvalue weighted by molar-refractivity contribution is 6.30. The zero-order valence-corrected chi connectivity index (χ0v) is 17.5. The standard InChI is InChI=1S/C20H26ClN3O5/c1-20(2,3)29-19(28)23-10-11-24-12-15(16(25)18(24)27)17(26)22-9-8-13-4-6-14(21)7-5-13/h4-7,25H,8-12H2,1-3H3,(H,22,26)(H,23,28). The molecule has 1 aliphatic rings. The number of nitrogens with one attached hydrogen (secondary N) is 2. The lowest BCUT2D eigenvalue weighted by Crippen LogP contribution is -2.39. The van der Waals surface area contributed by atoms with E-state index in [4.69, 9.17) is 16.3 Å². The molecule has 0 bridgehead atoms. The second kappa shape index (κ2) is 9.65. The average Bonchev–Trinajstić information content (AvgIpc) is 2.90. The second-order valence-electron chi connectivity index (χ2n) is 7.61. The number of rotatable bonds is 7. The molecule has 0 radical (unpaired) electrons. The number of carbonyl (C=O) groups is 3. The molecular weight excluding hydrogens is 398 g/mol. The van der Waals surface area contributed by atoms with Crippen LogP contribution in [-0.2, 0) is 20.7 Å². The maximum absolute atomic E-state index is 12.3. The van der Waals surface area contributed by atoms with Gasteiger partial charge in [-0.2, -0.15) is 0 Å². The molecule has 1 aromatic carbocycles. The van der Waals surface area contributed by atoms with Gasteiger partial charge in [-0.1, -0.05) is 23.7 Å². The monoisotopic (exact) mass is 423 g/mol. The molecule has 1 aromatic rings. The van der Waals surface area contributed by atoms with Crippen molar-refractivity contribution in [1.29, 1.82) is 0 Å². The van der Waals surface area contributed by atoms with Crippen molar-refractivity contribution in [3.8, 4) is 0 Å². The highest BCUT2D eigenvalue weighted by Crippen LogP contribution is 2.17. The van der Waals surface area contributed by atoms with Gasteiger partial charge in [0.1, 0.15) is 5.60 Å². The van der Waals surface area contributed by atoms with Crippen LogP contribution in [0.4, 0.5) is 4.79 Å². The minimum Gasteiger partial charge on any atom is -0.503 e. The van der Waals surface area contributed by atoms with E-state index in [1.807, 2.05) is 12.1 Å². The highest BCUT2D eigenvalue weighted by atomic mass is 35.5. The van der Waals surface area contributed by atoms with E-state index in [0.717, 1.165) is 5.56 Å². The topological polar surface area (TPSA) is 108 Å². The third-order valence-corrected chi connectivity index (χ3v) is 4.31. The second-order valence-corrected chi connectivity index (χ2v) is 8.05. The summed E-state index contributed by atoms with van der Waals surface area (Å²) in [7, 11) is 0. The van der Waals surface area contributed by atoms with E-state index in [2.05, 4.69) is 10.6 Å². The first-order valence-electron chi connectivity index (χ1n) is 9.27. The number of hydrogen-bond acceptors (Lipinski definition) is 5. The predicted octanol–water partition coefficient (Wildman–Crippen LogP) is 2.18. The Morgan fingerprint density at radius 1 is 1.17 bits per heavy atom. The van der Waals surface area contributed by atoms with Crippen LogP contribution in [0.3, 0.4) is 0 Å². The smallest absolute Gasteiger partial charge is 0.407 e. The lowest BCUT2D eigenvalue weighted by atomic mass is 10.1. The maximum atomic E-state index is 12.3.